The van der Waals surface area contributed by atoms with E-state index in [0.29, 0.717) is 17.5 Å². The Morgan fingerprint density at radius 1 is 1.23 bits per heavy atom. The number of benzene rings is 2. The first kappa shape index (κ1) is 17.4. The predicted molar refractivity (Wildman–Crippen MR) is 104 cm³/mol. The molecule has 0 spiro atoms. The van der Waals surface area contributed by atoms with Crippen LogP contribution in [-0.2, 0) is 0 Å². The largest absolute Gasteiger partial charge is 0.478 e. The van der Waals surface area contributed by atoms with E-state index in [9.17, 15) is 9.90 Å². The quantitative estimate of drug-likeness (QED) is 0.789. The molecule has 4 rings (SSSR count). The number of piperidine rings is 1. The molecule has 2 aliphatic heterocycles. The van der Waals surface area contributed by atoms with Crippen LogP contribution in [0.25, 0.3) is 0 Å². The van der Waals surface area contributed by atoms with E-state index in [2.05, 4.69) is 29.4 Å². The van der Waals surface area contributed by atoms with Gasteiger partial charge in [0.1, 0.15) is 0 Å². The van der Waals surface area contributed by atoms with Crippen molar-refractivity contribution in [3.63, 3.8) is 0 Å². The molecule has 1 saturated heterocycles. The third-order valence-corrected chi connectivity index (χ3v) is 6.09. The van der Waals surface area contributed by atoms with Gasteiger partial charge in [-0.3, -0.25) is 4.90 Å². The molecule has 5 heteroatoms. The van der Waals surface area contributed by atoms with E-state index in [-0.39, 0.29) is 6.04 Å². The number of hydrogen-bond acceptors (Lipinski definition) is 3. The fraction of sp³-hybridized carbons (Fsp3) is 0.381. The molecule has 136 valence electrons. The Bertz CT molecular complexity index is 867. The van der Waals surface area contributed by atoms with Gasteiger partial charge in [-0.05, 0) is 80.4 Å². The van der Waals surface area contributed by atoms with Crippen LogP contribution in [-0.4, -0.2) is 29.6 Å². The Kier molecular flexibility index (Phi) is 4.41. The first-order valence-electron chi connectivity index (χ1n) is 9.06. The molecule has 2 N–H and O–H groups in total. The number of fused-ring (bicyclic) bond motifs is 3. The van der Waals surface area contributed by atoms with Gasteiger partial charge in [-0.1, -0.05) is 17.7 Å². The summed E-state index contributed by atoms with van der Waals surface area (Å²) in [5.74, 6) is -0.458. The summed E-state index contributed by atoms with van der Waals surface area (Å²) in [6.45, 7) is 3.08. The van der Waals surface area contributed by atoms with Gasteiger partial charge in [-0.2, -0.15) is 0 Å². The number of nitrogens with one attached hydrogen (secondary N) is 1. The van der Waals surface area contributed by atoms with Gasteiger partial charge in [-0.15, -0.1) is 0 Å². The molecular formula is C21H23ClN2O2. The molecule has 2 aromatic rings. The van der Waals surface area contributed by atoms with Crippen LogP contribution in [0, 0.1) is 12.8 Å². The number of anilines is 1. The van der Waals surface area contributed by atoms with Crippen LogP contribution < -0.4 is 5.32 Å². The summed E-state index contributed by atoms with van der Waals surface area (Å²) in [5, 5.41) is 13.7. The van der Waals surface area contributed by atoms with Gasteiger partial charge in [-0.25, -0.2) is 4.79 Å². The Morgan fingerprint density at radius 2 is 2.04 bits per heavy atom. The smallest absolute Gasteiger partial charge is 0.335 e. The van der Waals surface area contributed by atoms with Gasteiger partial charge < -0.3 is 10.4 Å². The highest BCUT2D eigenvalue weighted by molar-refractivity contribution is 6.30. The van der Waals surface area contributed by atoms with Crippen LogP contribution in [0.2, 0.25) is 5.02 Å². The van der Waals surface area contributed by atoms with E-state index in [1.54, 1.807) is 12.1 Å². The zero-order chi connectivity index (χ0) is 18.4. The van der Waals surface area contributed by atoms with Gasteiger partial charge in [0.05, 0.1) is 11.6 Å². The number of carboxylic acids is 1. The van der Waals surface area contributed by atoms with Crippen molar-refractivity contribution in [2.45, 2.75) is 31.8 Å². The van der Waals surface area contributed by atoms with Crippen molar-refractivity contribution in [3.8, 4) is 0 Å². The molecule has 1 fully saturated rings. The molecule has 3 atom stereocenters. The van der Waals surface area contributed by atoms with Crippen LogP contribution >= 0.6 is 11.6 Å². The minimum absolute atomic E-state index is 0.166. The van der Waals surface area contributed by atoms with E-state index in [0.717, 1.165) is 35.7 Å². The minimum atomic E-state index is -0.883. The lowest BCUT2D eigenvalue weighted by molar-refractivity contribution is 0.0696. The van der Waals surface area contributed by atoms with Gasteiger partial charge in [0.15, 0.2) is 0 Å². The first-order valence-corrected chi connectivity index (χ1v) is 9.43. The van der Waals surface area contributed by atoms with Crippen molar-refractivity contribution in [3.05, 3.63) is 63.7 Å². The van der Waals surface area contributed by atoms with Gasteiger partial charge in [0, 0.05) is 22.7 Å². The minimum Gasteiger partial charge on any atom is -0.478 e. The molecule has 0 unspecified atom stereocenters. The first-order chi connectivity index (χ1) is 12.5. The fourth-order valence-corrected chi connectivity index (χ4v) is 4.85. The normalized spacial score (nSPS) is 25.1. The molecule has 0 aliphatic carbocycles. The molecule has 2 aromatic carbocycles. The lowest BCUT2D eigenvalue weighted by Gasteiger charge is -2.48. The van der Waals surface area contributed by atoms with Crippen LogP contribution in [0.4, 0.5) is 5.69 Å². The standard InChI is InChI=1S/C21H23ClN2O2/c1-12-10-13(21(25)26)5-7-15(12)19-16-4-3-9-24(2)20(16)17-11-14(22)6-8-18(17)23-19/h5-8,10-11,16,19-20,23H,3-4,9H2,1-2H3,(H,25,26)/t16-,19-,20-/m1/s1. The number of hydrogen-bond donors (Lipinski definition) is 2. The average Bonchev–Trinajstić information content (AvgIpc) is 2.61. The van der Waals surface area contributed by atoms with E-state index in [1.807, 2.05) is 19.1 Å². The zero-order valence-electron chi connectivity index (χ0n) is 15.0. The summed E-state index contributed by atoms with van der Waals surface area (Å²) < 4.78 is 0. The highest BCUT2D eigenvalue weighted by Gasteiger charge is 2.41. The van der Waals surface area contributed by atoms with Crippen LogP contribution in [0.15, 0.2) is 36.4 Å². The topological polar surface area (TPSA) is 52.6 Å². The molecule has 0 bridgehead atoms. The summed E-state index contributed by atoms with van der Waals surface area (Å²) in [5.41, 5.74) is 4.93. The van der Waals surface area contributed by atoms with Crippen molar-refractivity contribution < 1.29 is 9.90 Å². The van der Waals surface area contributed by atoms with Crippen molar-refractivity contribution in [2.24, 2.45) is 5.92 Å². The van der Waals surface area contributed by atoms with Gasteiger partial charge in [0.25, 0.3) is 0 Å². The maximum Gasteiger partial charge on any atom is 0.335 e. The van der Waals surface area contributed by atoms with E-state index in [1.165, 1.54) is 11.1 Å². The maximum absolute atomic E-state index is 11.3. The molecule has 0 radical (unpaired) electrons. The van der Waals surface area contributed by atoms with Crippen LogP contribution in [0.5, 0.6) is 0 Å². The van der Waals surface area contributed by atoms with E-state index < -0.39 is 5.97 Å². The number of halogens is 1. The van der Waals surface area contributed by atoms with Gasteiger partial charge >= 0.3 is 5.97 Å². The molecular weight excluding hydrogens is 348 g/mol. The number of likely N-dealkylation sites (tertiary alicyclic amines) is 1. The summed E-state index contributed by atoms with van der Waals surface area (Å²) in [6.07, 6.45) is 2.30. The monoisotopic (exact) mass is 370 g/mol. The Balaban J connectivity index is 1.80. The van der Waals surface area contributed by atoms with Crippen molar-refractivity contribution in [1.29, 1.82) is 0 Å². The number of carbonyl (C=O) groups is 1. The number of aryl methyl sites for hydroxylation is 1. The lowest BCUT2D eigenvalue weighted by Crippen LogP contribution is -2.43. The molecule has 4 nitrogen and oxygen atoms in total. The lowest BCUT2D eigenvalue weighted by atomic mass is 9.74. The highest BCUT2D eigenvalue weighted by Crippen LogP contribution is 2.50. The van der Waals surface area contributed by atoms with Crippen molar-refractivity contribution >= 4 is 23.3 Å². The molecule has 26 heavy (non-hydrogen) atoms. The Hall–Kier alpha value is -2.04. The van der Waals surface area contributed by atoms with Crippen molar-refractivity contribution in [1.82, 2.24) is 4.90 Å². The third kappa shape index (κ3) is 2.87. The number of rotatable bonds is 2. The highest BCUT2D eigenvalue weighted by atomic mass is 35.5. The summed E-state index contributed by atoms with van der Waals surface area (Å²) >= 11 is 6.28. The fourth-order valence-electron chi connectivity index (χ4n) is 4.67. The van der Waals surface area contributed by atoms with Crippen LogP contribution in [0.3, 0.4) is 0 Å². The summed E-state index contributed by atoms with van der Waals surface area (Å²) in [6, 6.07) is 12.0. The number of aromatic carboxylic acids is 1. The SMILES string of the molecule is Cc1cc(C(=O)O)ccc1[C@H]1Nc2ccc(Cl)cc2[C@H]2[C@@H]1CCCN2C. The van der Waals surface area contributed by atoms with E-state index in [4.69, 9.17) is 11.6 Å². The van der Waals surface area contributed by atoms with Gasteiger partial charge in [0.2, 0.25) is 0 Å². The molecule has 0 aromatic heterocycles. The molecule has 0 amide bonds. The molecule has 0 saturated carbocycles. The second-order valence-electron chi connectivity index (χ2n) is 7.46. The Morgan fingerprint density at radius 3 is 2.77 bits per heavy atom. The summed E-state index contributed by atoms with van der Waals surface area (Å²) in [4.78, 5) is 13.7. The summed E-state index contributed by atoms with van der Waals surface area (Å²) in [7, 11) is 2.18. The predicted octanol–water partition coefficient (Wildman–Crippen LogP) is 4.90. The van der Waals surface area contributed by atoms with Crippen LogP contribution in [0.1, 0.15) is 52.0 Å². The maximum atomic E-state index is 11.3. The molecule has 2 heterocycles. The van der Waals surface area contributed by atoms with E-state index >= 15 is 0 Å². The second kappa shape index (κ2) is 6.60. The number of nitrogens with zero attached hydrogens (tertiary/aromatic N) is 1. The zero-order valence-corrected chi connectivity index (χ0v) is 15.8. The molecule has 2 aliphatic rings. The third-order valence-electron chi connectivity index (χ3n) is 5.85. The average molecular weight is 371 g/mol. The second-order valence-corrected chi connectivity index (χ2v) is 7.90. The number of carboxylic acid groups (broad SMARTS) is 1. The van der Waals surface area contributed by atoms with Crippen molar-refractivity contribution in [2.75, 3.05) is 18.9 Å². The Labute approximate surface area is 158 Å².